The number of halogens is 3. The molecule has 0 aliphatic heterocycles. The number of aryl methyl sites for hydroxylation is 1. The summed E-state index contributed by atoms with van der Waals surface area (Å²) in [6.07, 6.45) is -4.25. The first-order valence-electron chi connectivity index (χ1n) is 8.56. The lowest BCUT2D eigenvalue weighted by molar-refractivity contribution is -0.154. The van der Waals surface area contributed by atoms with Gasteiger partial charge in [0, 0.05) is 13.3 Å². The molecule has 0 saturated heterocycles. The first-order chi connectivity index (χ1) is 14.0. The van der Waals surface area contributed by atoms with Crippen LogP contribution in [0.3, 0.4) is 0 Å². The molecule has 2 rings (SSSR count). The van der Waals surface area contributed by atoms with Crippen LogP contribution in [0.25, 0.3) is 0 Å². The van der Waals surface area contributed by atoms with Crippen LogP contribution < -0.4 is 11.1 Å². The van der Waals surface area contributed by atoms with Gasteiger partial charge in [-0.15, -0.1) is 0 Å². The Kier molecular flexibility index (Phi) is 7.29. The molecule has 0 bridgehead atoms. The predicted molar refractivity (Wildman–Crippen MR) is 99.7 cm³/mol. The highest BCUT2D eigenvalue weighted by Crippen LogP contribution is 2.28. The molecule has 0 spiro atoms. The van der Waals surface area contributed by atoms with E-state index >= 15 is 0 Å². The second kappa shape index (κ2) is 9.50. The van der Waals surface area contributed by atoms with Crippen LogP contribution in [0.5, 0.6) is 0 Å². The average Bonchev–Trinajstić information content (AvgIpc) is 2.68. The fraction of sp³-hybridized carbons (Fsp3) is 0.333. The summed E-state index contributed by atoms with van der Waals surface area (Å²) >= 11 is 0. The second-order valence-electron chi connectivity index (χ2n) is 6.29. The van der Waals surface area contributed by atoms with Gasteiger partial charge < -0.3 is 25.8 Å². The molecule has 0 unspecified atom stereocenters. The van der Waals surface area contributed by atoms with Gasteiger partial charge in [-0.3, -0.25) is 14.6 Å². The van der Waals surface area contributed by atoms with Crippen molar-refractivity contribution in [3.05, 3.63) is 47.4 Å². The van der Waals surface area contributed by atoms with Crippen molar-refractivity contribution in [2.24, 2.45) is 0 Å². The van der Waals surface area contributed by atoms with Crippen molar-refractivity contribution in [3.8, 4) is 0 Å². The van der Waals surface area contributed by atoms with Crippen molar-refractivity contribution in [2.75, 3.05) is 24.8 Å². The molecule has 9 nitrogen and oxygen atoms in total. The van der Waals surface area contributed by atoms with Crippen molar-refractivity contribution in [1.29, 1.82) is 0 Å². The molecule has 0 aliphatic carbocycles. The number of aliphatic hydroxyl groups is 1. The zero-order chi connectivity index (χ0) is 22.5. The van der Waals surface area contributed by atoms with E-state index in [1.54, 1.807) is 6.92 Å². The maximum atomic E-state index is 12.7. The van der Waals surface area contributed by atoms with Crippen molar-refractivity contribution < 1.29 is 32.6 Å². The van der Waals surface area contributed by atoms with Gasteiger partial charge in [0.1, 0.15) is 5.82 Å². The summed E-state index contributed by atoms with van der Waals surface area (Å²) in [5.41, 5.74) is 5.44. The normalized spacial score (nSPS) is 12.3. The molecule has 2 aromatic heterocycles. The number of carbonyl (C=O) groups excluding carboxylic acids is 2. The molecule has 0 aromatic carbocycles. The van der Waals surface area contributed by atoms with Gasteiger partial charge in [-0.05, 0) is 30.7 Å². The molecule has 0 aliphatic rings. The number of aliphatic hydroxyl groups excluding tert-OH is 1. The molecule has 2 aromatic rings. The van der Waals surface area contributed by atoms with Crippen molar-refractivity contribution in [1.82, 2.24) is 14.9 Å². The first-order valence-corrected chi connectivity index (χ1v) is 8.56. The Balaban J connectivity index is 2.19. The summed E-state index contributed by atoms with van der Waals surface area (Å²) in [4.78, 5) is 33.2. The van der Waals surface area contributed by atoms with Gasteiger partial charge in [-0.1, -0.05) is 0 Å². The number of alkyl halides is 3. The van der Waals surface area contributed by atoms with E-state index in [0.717, 1.165) is 17.0 Å². The summed E-state index contributed by atoms with van der Waals surface area (Å²) in [6.45, 7) is 0.904. The highest BCUT2D eigenvalue weighted by molar-refractivity contribution is 6.39. The Labute approximate surface area is 169 Å². The predicted octanol–water partition coefficient (Wildman–Crippen LogP) is 1.32. The van der Waals surface area contributed by atoms with Gasteiger partial charge in [0.25, 0.3) is 0 Å². The quantitative estimate of drug-likeness (QED) is 0.468. The largest absolute Gasteiger partial charge is 0.417 e. The van der Waals surface area contributed by atoms with E-state index in [2.05, 4.69) is 15.3 Å². The van der Waals surface area contributed by atoms with Gasteiger partial charge in [0.05, 0.1) is 36.3 Å². The molecule has 4 N–H and O–H groups in total. The fourth-order valence-corrected chi connectivity index (χ4v) is 2.38. The van der Waals surface area contributed by atoms with Crippen LogP contribution in [0.15, 0.2) is 30.6 Å². The molecular formula is C18H20F3N5O4. The zero-order valence-corrected chi connectivity index (χ0v) is 16.1. The summed E-state index contributed by atoms with van der Waals surface area (Å²) in [5.74, 6) is -1.98. The number of nitrogens with one attached hydrogen (secondary N) is 1. The maximum Gasteiger partial charge on any atom is 0.417 e. The Hall–Kier alpha value is -3.25. The summed E-state index contributed by atoms with van der Waals surface area (Å²) in [6, 6.07) is 3.34. The molecule has 2 amide bonds. The number of rotatable bonds is 6. The standard InChI is InChI=1S/C18H20F3N5O4/c1-10-5-13(7-24-15(10)22)25-16(28)17(29)26(14(27)9-30-2)8-12-4-3-11(6-23-12)18(19,20)21/h3-7,14,27H,8-9H2,1-2H3,(H2,22,24)(H,25,28)/t14-/m1/s1. The van der Waals surface area contributed by atoms with Crippen LogP contribution in [0.4, 0.5) is 24.7 Å². The molecule has 0 radical (unpaired) electrons. The minimum atomic E-state index is -4.57. The number of ether oxygens (including phenoxy) is 1. The Bertz CT molecular complexity index is 906. The molecule has 0 saturated carbocycles. The molecule has 2 heterocycles. The molecular weight excluding hydrogens is 407 g/mol. The number of carbonyl (C=O) groups is 2. The number of pyridine rings is 2. The molecule has 162 valence electrons. The van der Waals surface area contributed by atoms with Gasteiger partial charge in [0.15, 0.2) is 6.23 Å². The number of amides is 2. The number of nitrogens with zero attached hydrogens (tertiary/aromatic N) is 3. The number of hydrogen-bond donors (Lipinski definition) is 3. The smallest absolute Gasteiger partial charge is 0.383 e. The van der Waals surface area contributed by atoms with Crippen LogP contribution in [0.2, 0.25) is 0 Å². The number of hydrogen-bond acceptors (Lipinski definition) is 7. The highest BCUT2D eigenvalue weighted by Gasteiger charge is 2.32. The minimum Gasteiger partial charge on any atom is -0.383 e. The lowest BCUT2D eigenvalue weighted by Crippen LogP contribution is -2.47. The van der Waals surface area contributed by atoms with Crippen LogP contribution >= 0.6 is 0 Å². The molecule has 30 heavy (non-hydrogen) atoms. The molecule has 1 atom stereocenters. The third-order valence-corrected chi connectivity index (χ3v) is 3.99. The van der Waals surface area contributed by atoms with Crippen molar-refractivity contribution in [3.63, 3.8) is 0 Å². The average molecular weight is 427 g/mol. The van der Waals surface area contributed by atoms with E-state index in [-0.39, 0.29) is 23.8 Å². The molecule has 0 fully saturated rings. The van der Waals surface area contributed by atoms with Crippen molar-refractivity contribution in [2.45, 2.75) is 25.9 Å². The fourth-order valence-electron chi connectivity index (χ4n) is 2.38. The lowest BCUT2D eigenvalue weighted by Gasteiger charge is -2.26. The second-order valence-corrected chi connectivity index (χ2v) is 6.29. The maximum absolute atomic E-state index is 12.7. The zero-order valence-electron chi connectivity index (χ0n) is 16.1. The number of nitrogen functional groups attached to an aromatic ring is 1. The van der Waals surface area contributed by atoms with Gasteiger partial charge in [0.2, 0.25) is 0 Å². The Morgan fingerprint density at radius 3 is 2.53 bits per heavy atom. The van der Waals surface area contributed by atoms with Gasteiger partial charge in [-0.25, -0.2) is 4.98 Å². The monoisotopic (exact) mass is 427 g/mol. The van der Waals surface area contributed by atoms with Crippen LogP contribution in [-0.2, 0) is 27.0 Å². The number of aromatic nitrogens is 2. The van der Waals surface area contributed by atoms with E-state index in [4.69, 9.17) is 10.5 Å². The number of methoxy groups -OCH3 is 1. The van der Waals surface area contributed by atoms with E-state index in [0.29, 0.717) is 11.8 Å². The van der Waals surface area contributed by atoms with Gasteiger partial charge >= 0.3 is 18.0 Å². The number of anilines is 2. The first kappa shape index (κ1) is 23.0. The van der Waals surface area contributed by atoms with Crippen molar-refractivity contribution >= 4 is 23.3 Å². The van der Waals surface area contributed by atoms with Gasteiger partial charge in [-0.2, -0.15) is 13.2 Å². The van der Waals surface area contributed by atoms with E-state index in [1.165, 1.54) is 19.4 Å². The van der Waals surface area contributed by atoms with E-state index < -0.39 is 36.3 Å². The Morgan fingerprint density at radius 2 is 2.00 bits per heavy atom. The Morgan fingerprint density at radius 1 is 1.30 bits per heavy atom. The summed E-state index contributed by atoms with van der Waals surface area (Å²) < 4.78 is 42.8. The van der Waals surface area contributed by atoms with E-state index in [1.807, 2.05) is 0 Å². The lowest BCUT2D eigenvalue weighted by atomic mass is 10.2. The third kappa shape index (κ3) is 5.87. The van der Waals surface area contributed by atoms with Crippen LogP contribution in [0.1, 0.15) is 16.8 Å². The van der Waals surface area contributed by atoms with Crippen LogP contribution in [-0.4, -0.2) is 51.7 Å². The minimum absolute atomic E-state index is 0.0318. The third-order valence-electron chi connectivity index (χ3n) is 3.99. The number of nitrogens with two attached hydrogens (primary N) is 1. The SMILES string of the molecule is COC[C@@H](O)N(Cc1ccc(C(F)(F)F)cn1)C(=O)C(=O)Nc1cnc(N)c(C)c1. The topological polar surface area (TPSA) is 131 Å². The summed E-state index contributed by atoms with van der Waals surface area (Å²) in [7, 11) is 1.27. The molecule has 12 heteroatoms. The summed E-state index contributed by atoms with van der Waals surface area (Å²) in [5, 5.41) is 12.5. The highest BCUT2D eigenvalue weighted by atomic mass is 19.4. The van der Waals surface area contributed by atoms with E-state index in [9.17, 15) is 27.9 Å². The van der Waals surface area contributed by atoms with Crippen LogP contribution in [0, 0.1) is 6.92 Å².